The van der Waals surface area contributed by atoms with Crippen LogP contribution in [0.1, 0.15) is 33.0 Å². The normalized spacial score (nSPS) is 13.9. The molecule has 6 nitrogen and oxygen atoms in total. The molecule has 0 radical (unpaired) electrons. The van der Waals surface area contributed by atoms with Crippen molar-refractivity contribution in [1.29, 1.82) is 0 Å². The van der Waals surface area contributed by atoms with E-state index in [1.165, 1.54) is 0 Å². The average Bonchev–Trinajstić information content (AvgIpc) is 2.39. The van der Waals surface area contributed by atoms with E-state index in [1.807, 2.05) is 26.8 Å². The highest BCUT2D eigenvalue weighted by Gasteiger charge is 2.21. The van der Waals surface area contributed by atoms with Crippen LogP contribution in [0.2, 0.25) is 0 Å². The van der Waals surface area contributed by atoms with Gasteiger partial charge >= 0.3 is 0 Å². The van der Waals surface area contributed by atoms with Gasteiger partial charge in [-0.05, 0) is 20.3 Å². The molecule has 6 heteroatoms. The highest BCUT2D eigenvalue weighted by atomic mass is 16.5. The Morgan fingerprint density at radius 3 is 2.53 bits per heavy atom. The first kappa shape index (κ1) is 15.7. The first-order chi connectivity index (χ1) is 9.06. The first-order valence-electron chi connectivity index (χ1n) is 6.56. The van der Waals surface area contributed by atoms with Gasteiger partial charge in [-0.1, -0.05) is 6.92 Å². The van der Waals surface area contributed by atoms with Crippen molar-refractivity contribution in [2.75, 3.05) is 30.9 Å². The maximum Gasteiger partial charge on any atom is 0.158 e. The average molecular weight is 268 g/mol. The summed E-state index contributed by atoms with van der Waals surface area (Å²) < 4.78 is 5.07. The number of hydrogen-bond acceptors (Lipinski definition) is 6. The smallest absolute Gasteiger partial charge is 0.158 e. The van der Waals surface area contributed by atoms with Crippen LogP contribution in [0.5, 0.6) is 0 Å². The fourth-order valence-electron chi connectivity index (χ4n) is 1.58. The topological polar surface area (TPSA) is 79.3 Å². The van der Waals surface area contributed by atoms with Crippen LogP contribution in [-0.4, -0.2) is 40.9 Å². The Morgan fingerprint density at radius 2 is 2.00 bits per heavy atom. The number of methoxy groups -OCH3 is 1. The number of aliphatic hydroxyl groups is 1. The summed E-state index contributed by atoms with van der Waals surface area (Å²) in [5, 5.41) is 15.9. The molecule has 0 amide bonds. The van der Waals surface area contributed by atoms with Gasteiger partial charge in [-0.2, -0.15) is 0 Å². The summed E-state index contributed by atoms with van der Waals surface area (Å²) in [4.78, 5) is 8.73. The van der Waals surface area contributed by atoms with E-state index in [1.54, 1.807) is 7.11 Å². The molecule has 1 aromatic rings. The van der Waals surface area contributed by atoms with Gasteiger partial charge < -0.3 is 20.5 Å². The van der Waals surface area contributed by atoms with Crippen LogP contribution >= 0.6 is 0 Å². The Labute approximate surface area is 114 Å². The monoisotopic (exact) mass is 268 g/mol. The van der Waals surface area contributed by atoms with E-state index in [2.05, 4.69) is 20.6 Å². The molecule has 0 fully saturated rings. The van der Waals surface area contributed by atoms with Crippen molar-refractivity contribution in [3.05, 3.63) is 11.9 Å². The second kappa shape index (κ2) is 7.25. The summed E-state index contributed by atoms with van der Waals surface area (Å²) in [6.45, 7) is 7.17. The van der Waals surface area contributed by atoms with E-state index in [0.717, 1.165) is 18.8 Å². The van der Waals surface area contributed by atoms with Gasteiger partial charge in [0.25, 0.3) is 0 Å². The zero-order chi connectivity index (χ0) is 14.3. The Balaban J connectivity index is 2.98. The van der Waals surface area contributed by atoms with E-state index < -0.39 is 0 Å². The van der Waals surface area contributed by atoms with Crippen molar-refractivity contribution in [3.8, 4) is 0 Å². The molecule has 0 aliphatic carbocycles. The lowest BCUT2D eigenvalue weighted by atomic mass is 10.0. The van der Waals surface area contributed by atoms with Crippen LogP contribution in [0, 0.1) is 0 Å². The van der Waals surface area contributed by atoms with Crippen LogP contribution in [-0.2, 0) is 11.3 Å². The van der Waals surface area contributed by atoms with Gasteiger partial charge in [-0.15, -0.1) is 0 Å². The Kier molecular flexibility index (Phi) is 5.98. The van der Waals surface area contributed by atoms with Gasteiger partial charge in [0, 0.05) is 19.7 Å². The fraction of sp³-hybridized carbons (Fsp3) is 0.692. The highest BCUT2D eigenvalue weighted by molar-refractivity contribution is 5.48. The lowest BCUT2D eigenvalue weighted by molar-refractivity contribution is 0.178. The van der Waals surface area contributed by atoms with Gasteiger partial charge in [-0.3, -0.25) is 0 Å². The molecular formula is C13H24N4O2. The maximum atomic E-state index is 9.45. The number of nitrogens with zero attached hydrogens (tertiary/aromatic N) is 2. The van der Waals surface area contributed by atoms with E-state index in [9.17, 15) is 5.11 Å². The van der Waals surface area contributed by atoms with Crippen LogP contribution in [0.15, 0.2) is 6.07 Å². The fourth-order valence-corrected chi connectivity index (χ4v) is 1.58. The van der Waals surface area contributed by atoms with Crippen molar-refractivity contribution >= 4 is 11.6 Å². The third-order valence-corrected chi connectivity index (χ3v) is 2.96. The number of aromatic nitrogens is 2. The van der Waals surface area contributed by atoms with E-state index in [-0.39, 0.29) is 12.1 Å². The first-order valence-corrected chi connectivity index (χ1v) is 6.56. The predicted molar refractivity (Wildman–Crippen MR) is 76.3 cm³/mol. The van der Waals surface area contributed by atoms with E-state index >= 15 is 0 Å². The molecule has 1 rings (SSSR count). The molecule has 0 saturated heterocycles. The molecule has 0 aliphatic rings. The Morgan fingerprint density at radius 1 is 1.32 bits per heavy atom. The molecule has 0 aromatic carbocycles. The number of aliphatic hydroxyl groups excluding tert-OH is 1. The summed E-state index contributed by atoms with van der Waals surface area (Å²) in [6.07, 6.45) is 0.795. The molecule has 1 heterocycles. The lowest BCUT2D eigenvalue weighted by Crippen LogP contribution is -2.38. The predicted octanol–water partition coefficient (Wildman–Crippen LogP) is 1.63. The molecule has 0 spiro atoms. The number of rotatable bonds is 8. The SMILES string of the molecule is CCNc1cc(NC(C)(CC)CO)nc(COC)n1. The molecule has 0 bridgehead atoms. The number of anilines is 2. The summed E-state index contributed by atoms with van der Waals surface area (Å²) in [5.41, 5.74) is -0.387. The number of ether oxygens (including phenoxy) is 1. The Bertz CT molecular complexity index is 370. The highest BCUT2D eigenvalue weighted by Crippen LogP contribution is 2.19. The van der Waals surface area contributed by atoms with Crippen molar-refractivity contribution in [1.82, 2.24) is 9.97 Å². The maximum absolute atomic E-state index is 9.45. The third kappa shape index (κ3) is 4.65. The zero-order valence-electron chi connectivity index (χ0n) is 12.2. The second-order valence-electron chi connectivity index (χ2n) is 4.72. The molecular weight excluding hydrogens is 244 g/mol. The van der Waals surface area contributed by atoms with Crippen molar-refractivity contribution in [3.63, 3.8) is 0 Å². The van der Waals surface area contributed by atoms with Gasteiger partial charge in [0.2, 0.25) is 0 Å². The second-order valence-corrected chi connectivity index (χ2v) is 4.72. The summed E-state index contributed by atoms with van der Waals surface area (Å²) in [7, 11) is 1.61. The van der Waals surface area contributed by atoms with Crippen LogP contribution in [0.25, 0.3) is 0 Å². The minimum Gasteiger partial charge on any atom is -0.394 e. The molecule has 1 aromatic heterocycles. The van der Waals surface area contributed by atoms with Crippen LogP contribution < -0.4 is 10.6 Å². The molecule has 0 aliphatic heterocycles. The van der Waals surface area contributed by atoms with Gasteiger partial charge in [0.15, 0.2) is 5.82 Å². The van der Waals surface area contributed by atoms with Crippen molar-refractivity contribution < 1.29 is 9.84 Å². The lowest BCUT2D eigenvalue weighted by Gasteiger charge is -2.28. The molecule has 1 unspecified atom stereocenters. The summed E-state index contributed by atoms with van der Waals surface area (Å²) in [5.74, 6) is 2.06. The van der Waals surface area contributed by atoms with Crippen molar-refractivity contribution in [2.45, 2.75) is 39.3 Å². The van der Waals surface area contributed by atoms with E-state index in [4.69, 9.17) is 4.74 Å². The summed E-state index contributed by atoms with van der Waals surface area (Å²) in [6, 6.07) is 1.84. The molecule has 19 heavy (non-hydrogen) atoms. The summed E-state index contributed by atoms with van der Waals surface area (Å²) >= 11 is 0. The van der Waals surface area contributed by atoms with Crippen LogP contribution in [0.3, 0.4) is 0 Å². The quantitative estimate of drug-likeness (QED) is 0.665. The third-order valence-electron chi connectivity index (χ3n) is 2.96. The molecule has 3 N–H and O–H groups in total. The van der Waals surface area contributed by atoms with Gasteiger partial charge in [-0.25, -0.2) is 9.97 Å². The number of hydrogen-bond donors (Lipinski definition) is 3. The number of nitrogens with one attached hydrogen (secondary N) is 2. The van der Waals surface area contributed by atoms with Gasteiger partial charge in [0.05, 0.1) is 12.1 Å². The Hall–Kier alpha value is -1.40. The molecule has 0 saturated carbocycles. The largest absolute Gasteiger partial charge is 0.394 e. The minimum absolute atomic E-state index is 0.0453. The molecule has 108 valence electrons. The van der Waals surface area contributed by atoms with Gasteiger partial charge in [0.1, 0.15) is 18.2 Å². The van der Waals surface area contributed by atoms with Crippen LogP contribution in [0.4, 0.5) is 11.6 Å². The standard InChI is InChI=1S/C13H24N4O2/c1-5-13(3,9-18)17-11-7-10(14-6-2)15-12(16-11)8-19-4/h7,18H,5-6,8-9H2,1-4H3,(H2,14,15,16,17). The van der Waals surface area contributed by atoms with Crippen molar-refractivity contribution in [2.24, 2.45) is 0 Å². The minimum atomic E-state index is -0.387. The molecule has 1 atom stereocenters. The van der Waals surface area contributed by atoms with E-state index in [0.29, 0.717) is 18.2 Å². The zero-order valence-corrected chi connectivity index (χ0v) is 12.2.